The molecule has 0 unspecified atom stereocenters. The van der Waals surface area contributed by atoms with Gasteiger partial charge in [0.1, 0.15) is 0 Å². The quantitative estimate of drug-likeness (QED) is 0.915. The van der Waals surface area contributed by atoms with Crippen LogP contribution in [-0.2, 0) is 12.7 Å². The summed E-state index contributed by atoms with van der Waals surface area (Å²) in [6.45, 7) is 0.433. The van der Waals surface area contributed by atoms with Crippen LogP contribution in [0.15, 0.2) is 15.9 Å². The third-order valence-electron chi connectivity index (χ3n) is 1.72. The zero-order valence-corrected chi connectivity index (χ0v) is 11.3. The van der Waals surface area contributed by atoms with E-state index in [0.717, 1.165) is 8.66 Å². The Bertz CT molecular complexity index is 508. The van der Waals surface area contributed by atoms with Crippen LogP contribution in [0.5, 0.6) is 0 Å². The van der Waals surface area contributed by atoms with Crippen molar-refractivity contribution in [3.8, 4) is 0 Å². The second-order valence-corrected chi connectivity index (χ2v) is 6.28. The summed E-state index contributed by atoms with van der Waals surface area (Å²) in [5, 5.41) is 2.97. The van der Waals surface area contributed by atoms with Gasteiger partial charge in [0.15, 0.2) is 0 Å². The molecule has 0 aliphatic rings. The van der Waals surface area contributed by atoms with Crippen molar-refractivity contribution in [2.45, 2.75) is 12.7 Å². The maximum absolute atomic E-state index is 12.2. The molecule has 0 atom stereocenters. The van der Waals surface area contributed by atoms with E-state index in [0.29, 0.717) is 18.1 Å². The molecule has 3 nitrogen and oxygen atoms in total. The summed E-state index contributed by atoms with van der Waals surface area (Å²) >= 11 is 5.52. The minimum absolute atomic E-state index is 0.168. The van der Waals surface area contributed by atoms with Crippen molar-refractivity contribution in [1.29, 1.82) is 0 Å². The lowest BCUT2D eigenvalue weighted by Crippen LogP contribution is -2.07. The molecule has 0 bridgehead atoms. The molecule has 2 rings (SSSR count). The van der Waals surface area contributed by atoms with E-state index < -0.39 is 12.0 Å². The second kappa shape index (κ2) is 4.91. The summed E-state index contributed by atoms with van der Waals surface area (Å²) in [5.41, 5.74) is 0. The Hall–Kier alpha value is -0.670. The van der Waals surface area contributed by atoms with Crippen LogP contribution in [0, 0.1) is 0 Å². The number of aromatic nitrogens is 2. The molecule has 0 spiro atoms. The Labute approximate surface area is 111 Å². The maximum Gasteiger partial charge on any atom is 0.452 e. The summed E-state index contributed by atoms with van der Waals surface area (Å²) < 4.78 is 40.9. The number of nitrogens with zero attached hydrogens (tertiary/aromatic N) is 2. The summed E-state index contributed by atoms with van der Waals surface area (Å²) in [5.74, 6) is -1.10. The highest BCUT2D eigenvalue weighted by Crippen LogP contribution is 2.29. The van der Waals surface area contributed by atoms with E-state index in [1.54, 1.807) is 0 Å². The lowest BCUT2D eigenvalue weighted by Gasteiger charge is -1.99. The van der Waals surface area contributed by atoms with E-state index in [1.165, 1.54) is 11.3 Å². The van der Waals surface area contributed by atoms with E-state index in [1.807, 2.05) is 12.1 Å². The fraction of sp³-hybridized carbons (Fsp3) is 0.250. The SMILES string of the molecule is FC(F)(F)c1nsc(NCc2ccc(Br)s2)n1. The zero-order chi connectivity index (χ0) is 12.5. The predicted octanol–water partition coefficient (Wildman–Crippen LogP) is 3.99. The van der Waals surface area contributed by atoms with Crippen LogP contribution in [0.4, 0.5) is 18.3 Å². The first-order valence-electron chi connectivity index (χ1n) is 4.34. The molecule has 92 valence electrons. The van der Waals surface area contributed by atoms with Gasteiger partial charge in [-0.1, -0.05) is 0 Å². The summed E-state index contributed by atoms with van der Waals surface area (Å²) in [4.78, 5) is 4.37. The minimum Gasteiger partial charge on any atom is -0.355 e. The number of alkyl halides is 3. The molecule has 0 amide bonds. The number of thiophene rings is 1. The molecular formula is C8H5BrF3N3S2. The van der Waals surface area contributed by atoms with Crippen LogP contribution < -0.4 is 5.32 Å². The second-order valence-electron chi connectivity index (χ2n) is 2.98. The summed E-state index contributed by atoms with van der Waals surface area (Å²) in [7, 11) is 0. The maximum atomic E-state index is 12.2. The molecular weight excluding hydrogens is 339 g/mol. The van der Waals surface area contributed by atoms with Crippen LogP contribution in [0.1, 0.15) is 10.7 Å². The van der Waals surface area contributed by atoms with Gasteiger partial charge in [-0.25, -0.2) is 0 Å². The van der Waals surface area contributed by atoms with Crippen LogP contribution in [0.3, 0.4) is 0 Å². The number of rotatable bonds is 3. The van der Waals surface area contributed by atoms with E-state index >= 15 is 0 Å². The van der Waals surface area contributed by atoms with Crippen molar-refractivity contribution >= 4 is 43.9 Å². The molecule has 1 N–H and O–H groups in total. The molecule has 17 heavy (non-hydrogen) atoms. The first-order valence-corrected chi connectivity index (χ1v) is 6.72. The topological polar surface area (TPSA) is 37.8 Å². The Balaban J connectivity index is 1.98. The molecule has 0 fully saturated rings. The molecule has 2 aromatic heterocycles. The lowest BCUT2D eigenvalue weighted by atomic mass is 10.5. The fourth-order valence-corrected chi connectivity index (χ4v) is 3.02. The van der Waals surface area contributed by atoms with Gasteiger partial charge >= 0.3 is 6.18 Å². The Kier molecular flexibility index (Phi) is 3.69. The molecule has 0 aliphatic carbocycles. The minimum atomic E-state index is -4.48. The number of anilines is 1. The largest absolute Gasteiger partial charge is 0.452 e. The highest BCUT2D eigenvalue weighted by Gasteiger charge is 2.36. The van der Waals surface area contributed by atoms with Crippen molar-refractivity contribution in [3.05, 3.63) is 26.6 Å². The van der Waals surface area contributed by atoms with E-state index in [-0.39, 0.29) is 5.13 Å². The van der Waals surface area contributed by atoms with Gasteiger partial charge < -0.3 is 5.32 Å². The van der Waals surface area contributed by atoms with Crippen molar-refractivity contribution in [2.24, 2.45) is 0 Å². The Morgan fingerprint density at radius 2 is 2.12 bits per heavy atom. The number of hydrogen-bond acceptors (Lipinski definition) is 5. The molecule has 0 aromatic carbocycles. The normalized spacial score (nSPS) is 11.8. The molecule has 2 aromatic rings. The lowest BCUT2D eigenvalue weighted by molar-refractivity contribution is -0.144. The van der Waals surface area contributed by atoms with Gasteiger partial charge in [0.25, 0.3) is 0 Å². The average Bonchev–Trinajstić information content (AvgIpc) is 2.82. The Morgan fingerprint density at radius 1 is 1.35 bits per heavy atom. The highest BCUT2D eigenvalue weighted by molar-refractivity contribution is 9.11. The van der Waals surface area contributed by atoms with Gasteiger partial charge in [-0.05, 0) is 28.1 Å². The third kappa shape index (κ3) is 3.39. The number of nitrogens with one attached hydrogen (secondary N) is 1. The monoisotopic (exact) mass is 343 g/mol. The van der Waals surface area contributed by atoms with Crippen LogP contribution in [-0.4, -0.2) is 9.36 Å². The molecule has 2 heterocycles. The van der Waals surface area contributed by atoms with Crippen molar-refractivity contribution in [3.63, 3.8) is 0 Å². The van der Waals surface area contributed by atoms with E-state index in [4.69, 9.17) is 0 Å². The predicted molar refractivity (Wildman–Crippen MR) is 64.3 cm³/mol. The van der Waals surface area contributed by atoms with Crippen LogP contribution in [0.25, 0.3) is 0 Å². The fourth-order valence-electron chi connectivity index (χ4n) is 1.02. The summed E-state index contributed by atoms with van der Waals surface area (Å²) in [6, 6.07) is 3.76. The first-order chi connectivity index (χ1) is 7.95. The highest BCUT2D eigenvalue weighted by atomic mass is 79.9. The van der Waals surface area contributed by atoms with Crippen molar-refractivity contribution < 1.29 is 13.2 Å². The Morgan fingerprint density at radius 3 is 2.65 bits per heavy atom. The van der Waals surface area contributed by atoms with E-state index in [2.05, 4.69) is 30.6 Å². The van der Waals surface area contributed by atoms with Gasteiger partial charge in [-0.2, -0.15) is 22.5 Å². The van der Waals surface area contributed by atoms with Gasteiger partial charge in [0, 0.05) is 16.4 Å². The smallest absolute Gasteiger partial charge is 0.355 e. The van der Waals surface area contributed by atoms with Gasteiger partial charge in [0.2, 0.25) is 11.0 Å². The van der Waals surface area contributed by atoms with Crippen molar-refractivity contribution in [2.75, 3.05) is 5.32 Å². The van der Waals surface area contributed by atoms with Gasteiger partial charge in [-0.15, -0.1) is 11.3 Å². The van der Waals surface area contributed by atoms with Gasteiger partial charge in [-0.3, -0.25) is 0 Å². The van der Waals surface area contributed by atoms with Crippen LogP contribution in [0.2, 0.25) is 0 Å². The molecule has 0 radical (unpaired) electrons. The molecule has 0 saturated heterocycles. The zero-order valence-electron chi connectivity index (χ0n) is 8.08. The number of hydrogen-bond donors (Lipinski definition) is 1. The molecule has 9 heteroatoms. The van der Waals surface area contributed by atoms with E-state index in [9.17, 15) is 13.2 Å². The van der Waals surface area contributed by atoms with Crippen LogP contribution >= 0.6 is 38.8 Å². The van der Waals surface area contributed by atoms with Crippen molar-refractivity contribution in [1.82, 2.24) is 9.36 Å². The standard InChI is InChI=1S/C8H5BrF3N3S2/c9-5-2-1-4(16-5)3-13-7-14-6(15-17-7)8(10,11)12/h1-2H,3H2,(H,13,14,15). The van der Waals surface area contributed by atoms with Gasteiger partial charge in [0.05, 0.1) is 10.3 Å². The molecule has 0 aliphatic heterocycles. The first kappa shape index (κ1) is 12.8. The average molecular weight is 344 g/mol. The number of halogens is 4. The summed E-state index contributed by atoms with van der Waals surface area (Å²) in [6.07, 6.45) is -4.48. The molecule has 0 saturated carbocycles. The third-order valence-corrected chi connectivity index (χ3v) is 4.02.